The fourth-order valence-electron chi connectivity index (χ4n) is 1.95. The van der Waals surface area contributed by atoms with E-state index in [4.69, 9.17) is 16.0 Å². The van der Waals surface area contributed by atoms with Crippen LogP contribution in [0.15, 0.2) is 56.0 Å². The Bertz CT molecular complexity index is 786. The summed E-state index contributed by atoms with van der Waals surface area (Å²) in [6, 6.07) is 8.54. The van der Waals surface area contributed by atoms with E-state index >= 15 is 0 Å². The predicted octanol–water partition coefficient (Wildman–Crippen LogP) is 4.45. The first-order chi connectivity index (χ1) is 10.6. The molecule has 0 N–H and O–H groups in total. The molecule has 0 aliphatic carbocycles. The number of nitrogens with zero attached hydrogens (tertiary/aromatic N) is 1. The van der Waals surface area contributed by atoms with Gasteiger partial charge in [-0.1, -0.05) is 11.6 Å². The molecule has 116 valence electrons. The molecule has 0 aromatic carbocycles. The molecule has 0 fully saturated rings. The topological polar surface area (TPSA) is 50.5 Å². The fourth-order valence-corrected chi connectivity index (χ4v) is 5.64. The summed E-state index contributed by atoms with van der Waals surface area (Å²) < 4.78 is 33.1. The van der Waals surface area contributed by atoms with Gasteiger partial charge in [-0.25, -0.2) is 8.42 Å². The van der Waals surface area contributed by atoms with Crippen LogP contribution >= 0.6 is 34.3 Å². The summed E-state index contributed by atoms with van der Waals surface area (Å²) >= 11 is 8.47. The van der Waals surface area contributed by atoms with Crippen molar-refractivity contribution in [1.82, 2.24) is 4.31 Å². The van der Waals surface area contributed by atoms with Gasteiger partial charge < -0.3 is 4.42 Å². The van der Waals surface area contributed by atoms with Gasteiger partial charge in [0.1, 0.15) is 9.97 Å². The average molecular weight is 374 g/mol. The highest BCUT2D eigenvalue weighted by Gasteiger charge is 2.27. The van der Waals surface area contributed by atoms with Crippen molar-refractivity contribution in [2.24, 2.45) is 0 Å². The standard InChI is InChI=1S/C14H12ClNO3S3/c15-13-3-4-14(21-13)22(17,18)16(8-11-5-7-20-10-11)9-12-2-1-6-19-12/h1-7,10H,8-9H2. The van der Waals surface area contributed by atoms with E-state index in [-0.39, 0.29) is 10.8 Å². The number of hydrogen-bond donors (Lipinski definition) is 0. The average Bonchev–Trinajstić information content (AvgIpc) is 3.19. The number of thiophene rings is 2. The van der Waals surface area contributed by atoms with Crippen LogP contribution in [0.3, 0.4) is 0 Å². The first-order valence-electron chi connectivity index (χ1n) is 6.34. The summed E-state index contributed by atoms with van der Waals surface area (Å²) in [5.74, 6) is 0.599. The molecule has 4 nitrogen and oxygen atoms in total. The maximum Gasteiger partial charge on any atom is 0.253 e. The Morgan fingerprint density at radius 1 is 1.18 bits per heavy atom. The van der Waals surface area contributed by atoms with Gasteiger partial charge in [0.2, 0.25) is 0 Å². The van der Waals surface area contributed by atoms with Crippen LogP contribution in [-0.4, -0.2) is 12.7 Å². The van der Waals surface area contributed by atoms with E-state index in [0.29, 0.717) is 16.6 Å². The highest BCUT2D eigenvalue weighted by Crippen LogP contribution is 2.30. The van der Waals surface area contributed by atoms with Crippen LogP contribution in [0.2, 0.25) is 4.34 Å². The minimum absolute atomic E-state index is 0.181. The van der Waals surface area contributed by atoms with E-state index in [0.717, 1.165) is 16.9 Å². The monoisotopic (exact) mass is 373 g/mol. The first kappa shape index (κ1) is 15.8. The summed E-state index contributed by atoms with van der Waals surface area (Å²) in [7, 11) is -3.62. The van der Waals surface area contributed by atoms with Crippen molar-refractivity contribution >= 4 is 44.3 Å². The van der Waals surface area contributed by atoms with Crippen molar-refractivity contribution in [3.05, 3.63) is 63.0 Å². The Morgan fingerprint density at radius 3 is 2.64 bits per heavy atom. The van der Waals surface area contributed by atoms with E-state index in [9.17, 15) is 8.42 Å². The molecule has 0 bridgehead atoms. The molecule has 0 radical (unpaired) electrons. The molecule has 3 heterocycles. The van der Waals surface area contributed by atoms with Crippen LogP contribution in [0.25, 0.3) is 0 Å². The molecule has 0 aliphatic heterocycles. The van der Waals surface area contributed by atoms with Gasteiger partial charge in [-0.05, 0) is 46.7 Å². The number of hydrogen-bond acceptors (Lipinski definition) is 5. The highest BCUT2D eigenvalue weighted by atomic mass is 35.5. The van der Waals surface area contributed by atoms with Gasteiger partial charge in [0.05, 0.1) is 17.1 Å². The third kappa shape index (κ3) is 3.44. The van der Waals surface area contributed by atoms with Crippen molar-refractivity contribution in [1.29, 1.82) is 0 Å². The van der Waals surface area contributed by atoms with Gasteiger partial charge in [0.25, 0.3) is 10.0 Å². The largest absolute Gasteiger partial charge is 0.468 e. The summed E-state index contributed by atoms with van der Waals surface area (Å²) in [5.41, 5.74) is 0.947. The zero-order chi connectivity index (χ0) is 15.6. The maximum atomic E-state index is 12.8. The molecule has 0 saturated heterocycles. The van der Waals surface area contributed by atoms with Gasteiger partial charge >= 0.3 is 0 Å². The molecular formula is C14H12ClNO3S3. The molecule has 0 aliphatic rings. The van der Waals surface area contributed by atoms with Gasteiger partial charge in [-0.2, -0.15) is 15.6 Å². The van der Waals surface area contributed by atoms with Crippen LogP contribution < -0.4 is 0 Å². The summed E-state index contributed by atoms with van der Waals surface area (Å²) in [4.78, 5) is 0. The molecule has 0 saturated carbocycles. The molecule has 0 amide bonds. The molecule has 0 unspecified atom stereocenters. The Labute approximate surface area is 141 Å². The third-order valence-electron chi connectivity index (χ3n) is 2.99. The quantitative estimate of drug-likeness (QED) is 0.641. The first-order valence-corrected chi connectivity index (χ1v) is 9.92. The van der Waals surface area contributed by atoms with E-state index in [1.165, 1.54) is 28.0 Å². The highest BCUT2D eigenvalue weighted by molar-refractivity contribution is 7.91. The van der Waals surface area contributed by atoms with Crippen molar-refractivity contribution < 1.29 is 12.8 Å². The maximum absolute atomic E-state index is 12.8. The van der Waals surface area contributed by atoms with Crippen molar-refractivity contribution in [3.8, 4) is 0 Å². The Balaban J connectivity index is 1.93. The molecule has 8 heteroatoms. The minimum Gasteiger partial charge on any atom is -0.468 e. The zero-order valence-corrected chi connectivity index (χ0v) is 14.5. The summed E-state index contributed by atoms with van der Waals surface area (Å²) in [6.07, 6.45) is 1.53. The number of sulfonamides is 1. The molecule has 0 spiro atoms. The minimum atomic E-state index is -3.62. The zero-order valence-electron chi connectivity index (χ0n) is 11.3. The fraction of sp³-hybridized carbons (Fsp3) is 0.143. The van der Waals surface area contributed by atoms with Gasteiger partial charge in [-0.3, -0.25) is 0 Å². The lowest BCUT2D eigenvalue weighted by Gasteiger charge is -2.19. The van der Waals surface area contributed by atoms with Crippen molar-refractivity contribution in [2.75, 3.05) is 0 Å². The van der Waals surface area contributed by atoms with Crippen LogP contribution in [0.1, 0.15) is 11.3 Å². The van der Waals surface area contributed by atoms with Crippen molar-refractivity contribution in [3.63, 3.8) is 0 Å². The molecule has 3 aromatic heterocycles. The lowest BCUT2D eigenvalue weighted by Crippen LogP contribution is -2.29. The van der Waals surface area contributed by atoms with Crippen LogP contribution in [0.5, 0.6) is 0 Å². The predicted molar refractivity (Wildman–Crippen MR) is 88.8 cm³/mol. The Kier molecular flexibility index (Phi) is 4.70. The van der Waals surface area contributed by atoms with E-state index in [2.05, 4.69) is 0 Å². The Morgan fingerprint density at radius 2 is 2.05 bits per heavy atom. The second-order valence-corrected chi connectivity index (χ2v) is 9.20. The molecule has 3 rings (SSSR count). The smallest absolute Gasteiger partial charge is 0.253 e. The molecule has 0 atom stereocenters. The number of furan rings is 1. The molecular weight excluding hydrogens is 362 g/mol. The Hall–Kier alpha value is -1.12. The lowest BCUT2D eigenvalue weighted by molar-refractivity contribution is 0.359. The SMILES string of the molecule is O=S(=O)(c1ccc(Cl)s1)N(Cc1ccsc1)Cc1ccco1. The molecule has 3 aromatic rings. The second kappa shape index (κ2) is 6.55. The third-order valence-corrected chi connectivity index (χ3v) is 7.22. The van der Waals surface area contributed by atoms with Gasteiger partial charge in [0.15, 0.2) is 0 Å². The van der Waals surface area contributed by atoms with Crippen LogP contribution in [0.4, 0.5) is 0 Å². The van der Waals surface area contributed by atoms with E-state index in [1.54, 1.807) is 18.2 Å². The van der Waals surface area contributed by atoms with E-state index < -0.39 is 10.0 Å². The van der Waals surface area contributed by atoms with Gasteiger partial charge in [0, 0.05) is 6.54 Å². The van der Waals surface area contributed by atoms with Crippen LogP contribution in [-0.2, 0) is 23.1 Å². The lowest BCUT2D eigenvalue weighted by atomic mass is 10.3. The van der Waals surface area contributed by atoms with Gasteiger partial charge in [-0.15, -0.1) is 11.3 Å². The number of halogens is 1. The summed E-state index contributed by atoms with van der Waals surface area (Å²) in [5, 5.41) is 3.86. The van der Waals surface area contributed by atoms with Crippen LogP contribution in [0, 0.1) is 0 Å². The van der Waals surface area contributed by atoms with E-state index in [1.807, 2.05) is 16.8 Å². The second-order valence-electron chi connectivity index (χ2n) is 4.54. The number of rotatable bonds is 6. The normalized spacial score (nSPS) is 12.1. The molecule has 22 heavy (non-hydrogen) atoms. The summed E-state index contributed by atoms with van der Waals surface area (Å²) in [6.45, 7) is 0.475. The van der Waals surface area contributed by atoms with Crippen molar-refractivity contribution in [2.45, 2.75) is 17.3 Å².